The summed E-state index contributed by atoms with van der Waals surface area (Å²) in [5.74, 6) is 0.906. The van der Waals surface area contributed by atoms with Gasteiger partial charge in [0.1, 0.15) is 11.5 Å². The van der Waals surface area contributed by atoms with Crippen molar-refractivity contribution in [1.82, 2.24) is 4.90 Å². The van der Waals surface area contributed by atoms with Gasteiger partial charge in [0.25, 0.3) is 5.91 Å². The van der Waals surface area contributed by atoms with Gasteiger partial charge in [-0.25, -0.2) is 0 Å². The third-order valence-corrected chi connectivity index (χ3v) is 4.48. The molecule has 0 unspecified atom stereocenters. The molecule has 4 nitrogen and oxygen atoms in total. The van der Waals surface area contributed by atoms with E-state index in [9.17, 15) is 9.59 Å². The fraction of sp³-hybridized carbons (Fsp3) is 0.467. The predicted octanol–water partition coefficient (Wildman–Crippen LogP) is 3.04. The molecule has 1 aliphatic carbocycles. The molecule has 1 aromatic rings. The normalized spacial score (nSPS) is 16.1. The summed E-state index contributed by atoms with van der Waals surface area (Å²) < 4.78 is 5.91. The highest BCUT2D eigenvalue weighted by Gasteiger charge is 2.26. The number of carbonyl (C=O) groups excluding carboxylic acids is 2. The number of halogens is 1. The SMILES string of the molecule is COc1ccc(Br)c(C(=O)N(C)C2CCC(=O)CC2)c1. The van der Waals surface area contributed by atoms with E-state index in [1.165, 1.54) is 0 Å². The van der Waals surface area contributed by atoms with Crippen molar-refractivity contribution in [1.29, 1.82) is 0 Å². The van der Waals surface area contributed by atoms with E-state index in [1.807, 2.05) is 6.07 Å². The molecule has 5 heteroatoms. The van der Waals surface area contributed by atoms with Gasteiger partial charge in [-0.05, 0) is 47.0 Å². The number of carbonyl (C=O) groups is 2. The Kier molecular flexibility index (Phi) is 4.81. The van der Waals surface area contributed by atoms with Crippen LogP contribution in [0.15, 0.2) is 22.7 Å². The van der Waals surface area contributed by atoms with Gasteiger partial charge in [-0.15, -0.1) is 0 Å². The summed E-state index contributed by atoms with van der Waals surface area (Å²) in [7, 11) is 3.38. The van der Waals surface area contributed by atoms with E-state index in [-0.39, 0.29) is 11.9 Å². The lowest BCUT2D eigenvalue weighted by atomic mass is 9.93. The minimum absolute atomic E-state index is 0.0462. The molecule has 108 valence electrons. The average Bonchev–Trinajstić information content (AvgIpc) is 2.47. The van der Waals surface area contributed by atoms with E-state index in [1.54, 1.807) is 31.2 Å². The second-order valence-corrected chi connectivity index (χ2v) is 5.89. The first kappa shape index (κ1) is 15.0. The molecule has 20 heavy (non-hydrogen) atoms. The van der Waals surface area contributed by atoms with Gasteiger partial charge in [-0.1, -0.05) is 0 Å². The molecule has 1 amide bonds. The Hall–Kier alpha value is -1.36. The second-order valence-electron chi connectivity index (χ2n) is 5.03. The molecule has 0 radical (unpaired) electrons. The zero-order chi connectivity index (χ0) is 14.7. The Labute approximate surface area is 127 Å². The summed E-state index contributed by atoms with van der Waals surface area (Å²) in [5.41, 5.74) is 0.587. The number of amides is 1. The van der Waals surface area contributed by atoms with Crippen LogP contribution in [0.1, 0.15) is 36.0 Å². The van der Waals surface area contributed by atoms with Crippen LogP contribution in [0.5, 0.6) is 5.75 Å². The molecular weight excluding hydrogens is 322 g/mol. The van der Waals surface area contributed by atoms with Crippen molar-refractivity contribution in [2.75, 3.05) is 14.2 Å². The fourth-order valence-electron chi connectivity index (χ4n) is 2.46. The Morgan fingerprint density at radius 3 is 2.60 bits per heavy atom. The molecule has 0 aliphatic heterocycles. The lowest BCUT2D eigenvalue weighted by Gasteiger charge is -2.31. The molecule has 1 aromatic carbocycles. The Morgan fingerprint density at radius 2 is 2.00 bits per heavy atom. The number of Topliss-reactive ketones (excluding diaryl/α,β-unsaturated/α-hetero) is 1. The van der Waals surface area contributed by atoms with Gasteiger partial charge in [0, 0.05) is 30.4 Å². The number of ketones is 1. The third kappa shape index (κ3) is 3.20. The average molecular weight is 340 g/mol. The van der Waals surface area contributed by atoms with Crippen LogP contribution < -0.4 is 4.74 Å². The molecule has 0 bridgehead atoms. The second kappa shape index (κ2) is 6.39. The Bertz CT molecular complexity index is 520. The number of nitrogens with zero attached hydrogens (tertiary/aromatic N) is 1. The largest absolute Gasteiger partial charge is 0.497 e. The van der Waals surface area contributed by atoms with E-state index >= 15 is 0 Å². The van der Waals surface area contributed by atoms with Crippen molar-refractivity contribution in [2.45, 2.75) is 31.7 Å². The molecule has 1 aliphatic rings. The van der Waals surface area contributed by atoms with Crippen LogP contribution in [0.3, 0.4) is 0 Å². The van der Waals surface area contributed by atoms with Crippen molar-refractivity contribution >= 4 is 27.6 Å². The van der Waals surface area contributed by atoms with Gasteiger partial charge in [0.15, 0.2) is 0 Å². The van der Waals surface area contributed by atoms with Gasteiger partial charge in [-0.2, -0.15) is 0 Å². The van der Waals surface area contributed by atoms with Crippen LogP contribution in [-0.2, 0) is 4.79 Å². The highest BCUT2D eigenvalue weighted by atomic mass is 79.9. The number of benzene rings is 1. The molecule has 0 heterocycles. The van der Waals surface area contributed by atoms with Crippen molar-refractivity contribution in [2.24, 2.45) is 0 Å². The molecule has 0 aromatic heterocycles. The molecular formula is C15H18BrNO3. The summed E-state index contributed by atoms with van der Waals surface area (Å²) in [6, 6.07) is 5.49. The summed E-state index contributed by atoms with van der Waals surface area (Å²) in [5, 5.41) is 0. The molecule has 0 spiro atoms. The first-order valence-electron chi connectivity index (χ1n) is 6.65. The van der Waals surface area contributed by atoms with Crippen LogP contribution in [0.25, 0.3) is 0 Å². The van der Waals surface area contributed by atoms with Crippen molar-refractivity contribution in [3.05, 3.63) is 28.2 Å². The van der Waals surface area contributed by atoms with Crippen molar-refractivity contribution < 1.29 is 14.3 Å². The lowest BCUT2D eigenvalue weighted by Crippen LogP contribution is -2.39. The molecule has 0 N–H and O–H groups in total. The molecule has 2 rings (SSSR count). The third-order valence-electron chi connectivity index (χ3n) is 3.78. The van der Waals surface area contributed by atoms with E-state index in [4.69, 9.17) is 4.74 Å². The van der Waals surface area contributed by atoms with Crippen molar-refractivity contribution in [3.8, 4) is 5.75 Å². The Morgan fingerprint density at radius 1 is 1.35 bits per heavy atom. The quantitative estimate of drug-likeness (QED) is 0.850. The molecule has 0 saturated heterocycles. The number of hydrogen-bond donors (Lipinski definition) is 0. The van der Waals surface area contributed by atoms with E-state index in [2.05, 4.69) is 15.9 Å². The maximum Gasteiger partial charge on any atom is 0.255 e. The van der Waals surface area contributed by atoms with Gasteiger partial charge in [-0.3, -0.25) is 9.59 Å². The van der Waals surface area contributed by atoms with Gasteiger partial charge < -0.3 is 9.64 Å². The number of hydrogen-bond acceptors (Lipinski definition) is 3. The number of ether oxygens (including phenoxy) is 1. The highest BCUT2D eigenvalue weighted by Crippen LogP contribution is 2.26. The van der Waals surface area contributed by atoms with E-state index in [0.717, 1.165) is 17.3 Å². The van der Waals surface area contributed by atoms with E-state index < -0.39 is 0 Å². The van der Waals surface area contributed by atoms with Crippen LogP contribution in [0.4, 0.5) is 0 Å². The smallest absolute Gasteiger partial charge is 0.255 e. The fourth-order valence-corrected chi connectivity index (χ4v) is 2.88. The topological polar surface area (TPSA) is 46.6 Å². The van der Waals surface area contributed by atoms with Gasteiger partial charge in [0.2, 0.25) is 0 Å². The molecule has 1 fully saturated rings. The zero-order valence-corrected chi connectivity index (χ0v) is 13.3. The summed E-state index contributed by atoms with van der Waals surface area (Å²) in [6.07, 6.45) is 2.65. The van der Waals surface area contributed by atoms with E-state index in [0.29, 0.717) is 29.9 Å². The first-order valence-corrected chi connectivity index (χ1v) is 7.44. The summed E-state index contributed by atoms with van der Waals surface area (Å²) in [4.78, 5) is 25.6. The van der Waals surface area contributed by atoms with Gasteiger partial charge >= 0.3 is 0 Å². The summed E-state index contributed by atoms with van der Waals surface area (Å²) >= 11 is 3.40. The van der Waals surface area contributed by atoms with Crippen molar-refractivity contribution in [3.63, 3.8) is 0 Å². The first-order chi connectivity index (χ1) is 9.52. The van der Waals surface area contributed by atoms with Crippen LogP contribution in [-0.4, -0.2) is 36.8 Å². The zero-order valence-electron chi connectivity index (χ0n) is 11.7. The Balaban J connectivity index is 2.16. The highest BCUT2D eigenvalue weighted by molar-refractivity contribution is 9.10. The maximum absolute atomic E-state index is 12.6. The number of methoxy groups -OCH3 is 1. The standard InChI is InChI=1S/C15H18BrNO3/c1-17(10-3-5-11(18)6-4-10)15(19)13-9-12(20-2)7-8-14(13)16/h7-10H,3-6H2,1-2H3. The molecule has 0 atom stereocenters. The van der Waals surface area contributed by atoms with Crippen LogP contribution in [0, 0.1) is 0 Å². The predicted molar refractivity (Wildman–Crippen MR) is 80.1 cm³/mol. The van der Waals surface area contributed by atoms with Crippen LogP contribution in [0.2, 0.25) is 0 Å². The summed E-state index contributed by atoms with van der Waals surface area (Å²) in [6.45, 7) is 0. The lowest BCUT2D eigenvalue weighted by molar-refractivity contribution is -0.121. The van der Waals surface area contributed by atoms with Gasteiger partial charge in [0.05, 0.1) is 12.7 Å². The number of rotatable bonds is 3. The monoisotopic (exact) mass is 339 g/mol. The minimum atomic E-state index is -0.0462. The molecule has 1 saturated carbocycles. The minimum Gasteiger partial charge on any atom is -0.497 e. The van der Waals surface area contributed by atoms with Crippen LogP contribution >= 0.6 is 15.9 Å². The maximum atomic E-state index is 12.6.